The fourth-order valence-electron chi connectivity index (χ4n) is 4.42. The molecular weight excluding hydrogens is 230 g/mol. The molecule has 4 unspecified atom stereocenters. The van der Waals surface area contributed by atoms with Crippen LogP contribution in [0.4, 0.5) is 0 Å². The van der Waals surface area contributed by atoms with Crippen molar-refractivity contribution in [2.24, 2.45) is 17.6 Å². The zero-order valence-electron chi connectivity index (χ0n) is 12.4. The Kier molecular flexibility index (Phi) is 3.42. The lowest BCUT2D eigenvalue weighted by Gasteiger charge is -2.46. The van der Waals surface area contributed by atoms with E-state index in [1.54, 1.807) is 0 Å². The first-order chi connectivity index (χ1) is 9.11. The first-order valence-corrected chi connectivity index (χ1v) is 7.99. The van der Waals surface area contributed by atoms with Gasteiger partial charge in [-0.1, -0.05) is 51.0 Å². The topological polar surface area (TPSA) is 26.0 Å². The van der Waals surface area contributed by atoms with Crippen molar-refractivity contribution in [1.82, 2.24) is 0 Å². The molecule has 1 aromatic rings. The number of benzene rings is 1. The SMILES string of the molecule is CC1CCCC(C2(N)CCC(C)c3ccccc32)C1. The van der Waals surface area contributed by atoms with E-state index >= 15 is 0 Å². The summed E-state index contributed by atoms with van der Waals surface area (Å²) in [6.45, 7) is 4.74. The molecule has 3 rings (SSSR count). The second-order valence-electron chi connectivity index (χ2n) is 7.04. The maximum Gasteiger partial charge on any atom is 0.0441 e. The van der Waals surface area contributed by atoms with Gasteiger partial charge in [-0.3, -0.25) is 0 Å². The molecule has 0 radical (unpaired) electrons. The van der Waals surface area contributed by atoms with Gasteiger partial charge in [-0.2, -0.15) is 0 Å². The zero-order chi connectivity index (χ0) is 13.5. The van der Waals surface area contributed by atoms with Gasteiger partial charge in [0, 0.05) is 5.54 Å². The molecule has 4 atom stereocenters. The average Bonchev–Trinajstić information content (AvgIpc) is 2.43. The molecule has 1 saturated carbocycles. The van der Waals surface area contributed by atoms with Gasteiger partial charge in [-0.05, 0) is 54.6 Å². The van der Waals surface area contributed by atoms with E-state index in [4.69, 9.17) is 5.73 Å². The lowest BCUT2D eigenvalue weighted by Crippen LogP contribution is -2.48. The van der Waals surface area contributed by atoms with Crippen molar-refractivity contribution in [1.29, 1.82) is 0 Å². The van der Waals surface area contributed by atoms with E-state index in [9.17, 15) is 0 Å². The van der Waals surface area contributed by atoms with E-state index in [1.165, 1.54) is 49.7 Å². The van der Waals surface area contributed by atoms with Gasteiger partial charge in [-0.25, -0.2) is 0 Å². The molecule has 0 spiro atoms. The van der Waals surface area contributed by atoms with Crippen LogP contribution in [-0.4, -0.2) is 0 Å². The van der Waals surface area contributed by atoms with Gasteiger partial charge in [-0.15, -0.1) is 0 Å². The fraction of sp³-hybridized carbons (Fsp3) is 0.667. The summed E-state index contributed by atoms with van der Waals surface area (Å²) in [5.74, 6) is 2.21. The van der Waals surface area contributed by atoms with Crippen LogP contribution in [0, 0.1) is 11.8 Å². The minimum atomic E-state index is -0.0578. The van der Waals surface area contributed by atoms with Gasteiger partial charge in [0.15, 0.2) is 0 Å². The third kappa shape index (κ3) is 2.23. The Balaban J connectivity index is 1.98. The van der Waals surface area contributed by atoms with Crippen LogP contribution in [0.2, 0.25) is 0 Å². The van der Waals surface area contributed by atoms with Crippen LogP contribution in [0.15, 0.2) is 24.3 Å². The van der Waals surface area contributed by atoms with E-state index in [0.717, 1.165) is 5.92 Å². The molecule has 0 amide bonds. The molecule has 0 aromatic heterocycles. The predicted molar refractivity (Wildman–Crippen MR) is 81.1 cm³/mol. The average molecular weight is 257 g/mol. The third-order valence-corrected chi connectivity index (χ3v) is 5.65. The zero-order valence-corrected chi connectivity index (χ0v) is 12.4. The van der Waals surface area contributed by atoms with E-state index in [0.29, 0.717) is 11.8 Å². The van der Waals surface area contributed by atoms with Gasteiger partial charge < -0.3 is 5.73 Å². The third-order valence-electron chi connectivity index (χ3n) is 5.65. The van der Waals surface area contributed by atoms with Gasteiger partial charge >= 0.3 is 0 Å². The van der Waals surface area contributed by atoms with Crippen molar-refractivity contribution in [3.05, 3.63) is 35.4 Å². The van der Waals surface area contributed by atoms with Gasteiger partial charge in [0.25, 0.3) is 0 Å². The Labute approximate surface area is 117 Å². The minimum Gasteiger partial charge on any atom is -0.321 e. The summed E-state index contributed by atoms with van der Waals surface area (Å²) < 4.78 is 0. The van der Waals surface area contributed by atoms with Crippen molar-refractivity contribution in [3.63, 3.8) is 0 Å². The Hall–Kier alpha value is -0.820. The number of fused-ring (bicyclic) bond motifs is 1. The Morgan fingerprint density at radius 2 is 1.89 bits per heavy atom. The van der Waals surface area contributed by atoms with E-state index < -0.39 is 0 Å². The monoisotopic (exact) mass is 257 g/mol. The molecule has 0 aliphatic heterocycles. The molecular formula is C18H27N. The fourth-order valence-corrected chi connectivity index (χ4v) is 4.42. The molecule has 0 saturated heterocycles. The smallest absolute Gasteiger partial charge is 0.0441 e. The van der Waals surface area contributed by atoms with Crippen molar-refractivity contribution in [2.45, 2.75) is 63.8 Å². The maximum absolute atomic E-state index is 6.97. The predicted octanol–water partition coefficient (Wildman–Crippen LogP) is 4.56. The van der Waals surface area contributed by atoms with E-state index in [2.05, 4.69) is 38.1 Å². The Morgan fingerprint density at radius 3 is 2.68 bits per heavy atom. The molecule has 19 heavy (non-hydrogen) atoms. The summed E-state index contributed by atoms with van der Waals surface area (Å²) in [5, 5.41) is 0. The number of hydrogen-bond donors (Lipinski definition) is 1. The molecule has 1 nitrogen and oxygen atoms in total. The molecule has 104 valence electrons. The molecule has 1 heteroatoms. The molecule has 1 fully saturated rings. The second kappa shape index (κ2) is 4.94. The van der Waals surface area contributed by atoms with Crippen LogP contribution in [0.1, 0.15) is 69.4 Å². The van der Waals surface area contributed by atoms with E-state index in [-0.39, 0.29) is 5.54 Å². The molecule has 0 bridgehead atoms. The number of rotatable bonds is 1. The highest BCUT2D eigenvalue weighted by molar-refractivity contribution is 5.39. The summed E-state index contributed by atoms with van der Waals surface area (Å²) in [4.78, 5) is 0. The lowest BCUT2D eigenvalue weighted by molar-refractivity contribution is 0.148. The van der Waals surface area contributed by atoms with Crippen LogP contribution in [0.3, 0.4) is 0 Å². The number of nitrogens with two attached hydrogens (primary N) is 1. The lowest BCUT2D eigenvalue weighted by atomic mass is 9.62. The normalized spacial score (nSPS) is 38.8. The maximum atomic E-state index is 6.97. The molecule has 2 aliphatic rings. The summed E-state index contributed by atoms with van der Waals surface area (Å²) in [7, 11) is 0. The van der Waals surface area contributed by atoms with Crippen LogP contribution in [0.25, 0.3) is 0 Å². The first-order valence-electron chi connectivity index (χ1n) is 7.99. The first kappa shape index (κ1) is 13.2. The largest absolute Gasteiger partial charge is 0.321 e. The second-order valence-corrected chi connectivity index (χ2v) is 7.04. The minimum absolute atomic E-state index is 0.0578. The standard InChI is InChI=1S/C18H27N/c1-13-6-5-7-15(12-13)18(19)11-10-14(2)16-8-3-4-9-17(16)18/h3-4,8-9,13-15H,5-7,10-12,19H2,1-2H3. The summed E-state index contributed by atoms with van der Waals surface area (Å²) in [6.07, 6.45) is 7.82. The van der Waals surface area contributed by atoms with Crippen molar-refractivity contribution in [2.75, 3.05) is 0 Å². The van der Waals surface area contributed by atoms with Crippen LogP contribution in [0.5, 0.6) is 0 Å². The van der Waals surface area contributed by atoms with Crippen LogP contribution < -0.4 is 5.73 Å². The summed E-state index contributed by atoms with van der Waals surface area (Å²) in [5.41, 5.74) is 9.87. The molecule has 1 aromatic carbocycles. The van der Waals surface area contributed by atoms with Crippen molar-refractivity contribution in [3.8, 4) is 0 Å². The Morgan fingerprint density at radius 1 is 1.11 bits per heavy atom. The van der Waals surface area contributed by atoms with Gasteiger partial charge in [0.05, 0.1) is 0 Å². The Bertz CT molecular complexity index is 453. The number of hydrogen-bond acceptors (Lipinski definition) is 1. The van der Waals surface area contributed by atoms with E-state index in [1.807, 2.05) is 0 Å². The van der Waals surface area contributed by atoms with Crippen LogP contribution in [-0.2, 0) is 5.54 Å². The van der Waals surface area contributed by atoms with Gasteiger partial charge in [0.1, 0.15) is 0 Å². The molecule has 2 N–H and O–H groups in total. The van der Waals surface area contributed by atoms with Gasteiger partial charge in [0.2, 0.25) is 0 Å². The highest BCUT2D eigenvalue weighted by Crippen LogP contribution is 2.48. The quantitative estimate of drug-likeness (QED) is 0.784. The van der Waals surface area contributed by atoms with Crippen molar-refractivity contribution < 1.29 is 0 Å². The summed E-state index contributed by atoms with van der Waals surface area (Å²) in [6, 6.07) is 8.94. The summed E-state index contributed by atoms with van der Waals surface area (Å²) >= 11 is 0. The van der Waals surface area contributed by atoms with Crippen LogP contribution >= 0.6 is 0 Å². The van der Waals surface area contributed by atoms with Crippen molar-refractivity contribution >= 4 is 0 Å². The molecule has 2 aliphatic carbocycles. The highest BCUT2D eigenvalue weighted by atomic mass is 14.8. The highest BCUT2D eigenvalue weighted by Gasteiger charge is 2.42. The molecule has 0 heterocycles.